The number of furan rings is 1. The lowest BCUT2D eigenvalue weighted by atomic mass is 9.82. The summed E-state index contributed by atoms with van der Waals surface area (Å²) in [6.45, 7) is 4.73. The van der Waals surface area contributed by atoms with Gasteiger partial charge in [0.1, 0.15) is 11.2 Å². The summed E-state index contributed by atoms with van der Waals surface area (Å²) in [5.74, 6) is 0. The highest BCUT2D eigenvalue weighted by Crippen LogP contribution is 2.53. The summed E-state index contributed by atoms with van der Waals surface area (Å²) in [4.78, 5) is 2.48. The second kappa shape index (κ2) is 13.7. The van der Waals surface area contributed by atoms with Gasteiger partial charge < -0.3 is 9.32 Å². The summed E-state index contributed by atoms with van der Waals surface area (Å²) >= 11 is 0. The quantitative estimate of drug-likeness (QED) is 0.156. The number of hydrogen-bond donors (Lipinski definition) is 0. The van der Waals surface area contributed by atoms with Gasteiger partial charge in [-0.3, -0.25) is 0 Å². The number of fused-ring (bicyclic) bond motifs is 9. The molecular formula is C59H41NO. The predicted molar refractivity (Wildman–Crippen MR) is 257 cm³/mol. The molecule has 1 aliphatic rings. The van der Waals surface area contributed by atoms with Gasteiger partial charge in [-0.05, 0) is 126 Å². The van der Waals surface area contributed by atoms with Crippen molar-refractivity contribution in [3.05, 3.63) is 223 Å². The molecule has 0 saturated carbocycles. The molecule has 10 aromatic carbocycles. The molecule has 0 radical (unpaired) electrons. The van der Waals surface area contributed by atoms with Crippen molar-refractivity contribution in [1.82, 2.24) is 0 Å². The lowest BCUT2D eigenvalue weighted by Gasteiger charge is -2.31. The van der Waals surface area contributed by atoms with E-state index in [1.54, 1.807) is 0 Å². The van der Waals surface area contributed by atoms with Crippen LogP contribution in [0.2, 0.25) is 0 Å². The van der Waals surface area contributed by atoms with Crippen molar-refractivity contribution in [3.63, 3.8) is 0 Å². The van der Waals surface area contributed by atoms with E-state index in [-0.39, 0.29) is 5.41 Å². The van der Waals surface area contributed by atoms with Gasteiger partial charge in [-0.15, -0.1) is 0 Å². The van der Waals surface area contributed by atoms with E-state index >= 15 is 0 Å². The molecule has 1 aliphatic carbocycles. The van der Waals surface area contributed by atoms with Crippen LogP contribution in [0.25, 0.3) is 88.0 Å². The number of nitrogens with zero attached hydrogens (tertiary/aromatic N) is 1. The van der Waals surface area contributed by atoms with Crippen LogP contribution in [-0.2, 0) is 5.41 Å². The molecular weight excluding hydrogens is 739 g/mol. The minimum atomic E-state index is -0.157. The SMILES string of the molecule is CC1(C)c2ccccc2-c2ccc(N(c3ccc(-c4ccc5c(c4)oc4ccccc45)cc3)c3cccc(-c4ccccc4)c3-c3cc4ccccc4c4ccccc34)cc21. The number of para-hydroxylation sites is 1. The first-order chi connectivity index (χ1) is 30.0. The van der Waals surface area contributed by atoms with Crippen molar-refractivity contribution in [2.45, 2.75) is 19.3 Å². The van der Waals surface area contributed by atoms with E-state index < -0.39 is 0 Å². The highest BCUT2D eigenvalue weighted by atomic mass is 16.3. The van der Waals surface area contributed by atoms with Crippen LogP contribution >= 0.6 is 0 Å². The van der Waals surface area contributed by atoms with Crippen molar-refractivity contribution < 1.29 is 4.42 Å². The Hall–Kier alpha value is -7.68. The van der Waals surface area contributed by atoms with Gasteiger partial charge in [0.25, 0.3) is 0 Å². The Morgan fingerprint density at radius 2 is 1.00 bits per heavy atom. The maximum Gasteiger partial charge on any atom is 0.136 e. The van der Waals surface area contributed by atoms with Crippen LogP contribution in [0.15, 0.2) is 217 Å². The first kappa shape index (κ1) is 35.3. The monoisotopic (exact) mass is 779 g/mol. The maximum absolute atomic E-state index is 6.32. The number of anilines is 3. The number of benzene rings is 10. The van der Waals surface area contributed by atoms with E-state index in [9.17, 15) is 0 Å². The second-order valence-electron chi connectivity index (χ2n) is 16.8. The maximum atomic E-state index is 6.32. The Labute approximate surface area is 355 Å². The van der Waals surface area contributed by atoms with Gasteiger partial charge in [0.2, 0.25) is 0 Å². The van der Waals surface area contributed by atoms with Crippen LogP contribution in [0.4, 0.5) is 17.1 Å². The van der Waals surface area contributed by atoms with Crippen LogP contribution in [0.1, 0.15) is 25.0 Å². The largest absolute Gasteiger partial charge is 0.456 e. The van der Waals surface area contributed by atoms with Crippen LogP contribution in [-0.4, -0.2) is 0 Å². The van der Waals surface area contributed by atoms with Crippen LogP contribution in [0, 0.1) is 0 Å². The summed E-state index contributed by atoms with van der Waals surface area (Å²) in [5, 5.41) is 7.24. The van der Waals surface area contributed by atoms with Gasteiger partial charge in [0, 0.05) is 33.1 Å². The first-order valence-electron chi connectivity index (χ1n) is 21.2. The van der Waals surface area contributed by atoms with E-state index in [4.69, 9.17) is 4.42 Å². The summed E-state index contributed by atoms with van der Waals surface area (Å²) in [5.41, 5.74) is 17.3. The van der Waals surface area contributed by atoms with Crippen LogP contribution in [0.3, 0.4) is 0 Å². The van der Waals surface area contributed by atoms with Crippen LogP contribution in [0.5, 0.6) is 0 Å². The fraction of sp³-hybridized carbons (Fsp3) is 0.0508. The molecule has 0 unspecified atom stereocenters. The molecule has 288 valence electrons. The third kappa shape index (κ3) is 5.56. The Balaban J connectivity index is 1.10. The van der Waals surface area contributed by atoms with E-state index in [1.165, 1.54) is 66.1 Å². The molecule has 1 aromatic heterocycles. The zero-order chi connectivity index (χ0) is 40.7. The molecule has 0 fully saturated rings. The Morgan fingerprint density at radius 1 is 0.361 bits per heavy atom. The minimum absolute atomic E-state index is 0.157. The van der Waals surface area contributed by atoms with Gasteiger partial charge in [-0.25, -0.2) is 0 Å². The minimum Gasteiger partial charge on any atom is -0.456 e. The zero-order valence-corrected chi connectivity index (χ0v) is 34.1. The first-order valence-corrected chi connectivity index (χ1v) is 21.2. The topological polar surface area (TPSA) is 16.4 Å². The summed E-state index contributed by atoms with van der Waals surface area (Å²) in [6.07, 6.45) is 0. The normalized spacial score (nSPS) is 12.9. The smallest absolute Gasteiger partial charge is 0.136 e. The van der Waals surface area contributed by atoms with Gasteiger partial charge in [-0.1, -0.05) is 172 Å². The van der Waals surface area contributed by atoms with E-state index in [2.05, 4.69) is 219 Å². The fourth-order valence-electron chi connectivity index (χ4n) is 10.1. The lowest BCUT2D eigenvalue weighted by molar-refractivity contribution is 0.660. The summed E-state index contributed by atoms with van der Waals surface area (Å²) in [6, 6.07) is 77.7. The molecule has 0 saturated heterocycles. The van der Waals surface area contributed by atoms with Crippen molar-refractivity contribution >= 4 is 60.5 Å². The molecule has 2 nitrogen and oxygen atoms in total. The van der Waals surface area contributed by atoms with Crippen molar-refractivity contribution in [3.8, 4) is 44.5 Å². The third-order valence-corrected chi connectivity index (χ3v) is 13.1. The molecule has 0 amide bonds. The van der Waals surface area contributed by atoms with Crippen molar-refractivity contribution in [2.75, 3.05) is 4.90 Å². The van der Waals surface area contributed by atoms with E-state index in [0.29, 0.717) is 0 Å². The third-order valence-electron chi connectivity index (χ3n) is 13.1. The molecule has 0 aliphatic heterocycles. The number of rotatable bonds is 6. The average Bonchev–Trinajstić information content (AvgIpc) is 3.80. The standard InChI is InChI=1S/C59H41NO/c1-59(2)53-24-12-10-21-48(53)49-34-32-43(37-54(49)59)60(42-30-27-38(28-31-42)40-29-33-51-50-22-11-13-26-56(50)61-57(51)36-40)55-25-14-23-45(39-15-4-3-5-16-39)58(55)52-35-41-17-6-7-18-44(41)46-19-8-9-20-47(46)52/h3-37H,1-2H3. The molecule has 61 heavy (non-hydrogen) atoms. The molecule has 12 rings (SSSR count). The average molecular weight is 780 g/mol. The highest BCUT2D eigenvalue weighted by Gasteiger charge is 2.36. The van der Waals surface area contributed by atoms with Gasteiger partial charge >= 0.3 is 0 Å². The van der Waals surface area contributed by atoms with Gasteiger partial charge in [0.05, 0.1) is 5.69 Å². The van der Waals surface area contributed by atoms with E-state index in [1.807, 2.05) is 12.1 Å². The molecule has 0 spiro atoms. The van der Waals surface area contributed by atoms with Crippen LogP contribution < -0.4 is 4.90 Å². The number of hydrogen-bond acceptors (Lipinski definition) is 2. The van der Waals surface area contributed by atoms with Crippen molar-refractivity contribution in [1.29, 1.82) is 0 Å². The molecule has 0 bridgehead atoms. The summed E-state index contributed by atoms with van der Waals surface area (Å²) in [7, 11) is 0. The fourth-order valence-corrected chi connectivity index (χ4v) is 10.1. The van der Waals surface area contributed by atoms with Gasteiger partial charge in [-0.2, -0.15) is 0 Å². The second-order valence-corrected chi connectivity index (χ2v) is 16.8. The molecule has 11 aromatic rings. The molecule has 0 N–H and O–H groups in total. The van der Waals surface area contributed by atoms with Gasteiger partial charge in [0.15, 0.2) is 0 Å². The van der Waals surface area contributed by atoms with E-state index in [0.717, 1.165) is 50.1 Å². The molecule has 2 heteroatoms. The Kier molecular flexibility index (Phi) is 7.92. The highest BCUT2D eigenvalue weighted by molar-refractivity contribution is 6.16. The molecule has 0 atom stereocenters. The zero-order valence-electron chi connectivity index (χ0n) is 34.1. The summed E-state index contributed by atoms with van der Waals surface area (Å²) < 4.78 is 6.32. The Bertz CT molecular complexity index is 3500. The molecule has 1 heterocycles. The lowest BCUT2D eigenvalue weighted by Crippen LogP contribution is -2.17. The predicted octanol–water partition coefficient (Wildman–Crippen LogP) is 16.7. The Morgan fingerprint density at radius 3 is 1.85 bits per heavy atom. The van der Waals surface area contributed by atoms with Crippen molar-refractivity contribution in [2.24, 2.45) is 0 Å².